The average Bonchev–Trinajstić information content (AvgIpc) is 3.34. The second kappa shape index (κ2) is 8.79. The van der Waals surface area contributed by atoms with E-state index in [1.807, 2.05) is 24.0 Å². The number of rotatable bonds is 5. The molecule has 0 aliphatic carbocycles. The summed E-state index contributed by atoms with van der Waals surface area (Å²) in [5, 5.41) is 9.00. The highest BCUT2D eigenvalue weighted by molar-refractivity contribution is 6.42. The van der Waals surface area contributed by atoms with Gasteiger partial charge >= 0.3 is 0 Å². The number of nitrogens with one attached hydrogen (secondary N) is 1. The highest BCUT2D eigenvalue weighted by Crippen LogP contribution is 2.43. The largest absolute Gasteiger partial charge is 0.385 e. The molecule has 4 rings (SSSR count). The first-order valence-corrected chi connectivity index (χ1v) is 11.0. The standard InChI is InChI=1S/C21H23Cl3N4O2/c1-12-17(21(29)27-9-4-5-13(27)8-10-30-2)19(14-6-3-7-15(22)18(14)24)28-20(26-12)16(23)11-25-28/h3,6-7,11,13,19,26H,4-5,8-10H2,1-2H3. The van der Waals surface area contributed by atoms with Gasteiger partial charge in [0.1, 0.15) is 16.9 Å². The monoisotopic (exact) mass is 468 g/mol. The van der Waals surface area contributed by atoms with E-state index in [4.69, 9.17) is 39.5 Å². The third kappa shape index (κ3) is 3.71. The smallest absolute Gasteiger partial charge is 0.254 e. The van der Waals surface area contributed by atoms with Gasteiger partial charge in [-0.2, -0.15) is 5.10 Å². The molecule has 1 fully saturated rings. The number of halogens is 3. The highest BCUT2D eigenvalue weighted by Gasteiger charge is 2.39. The molecule has 1 N–H and O–H groups in total. The molecule has 9 heteroatoms. The number of fused-ring (bicyclic) bond motifs is 1. The molecule has 1 aromatic carbocycles. The van der Waals surface area contributed by atoms with Crippen molar-refractivity contribution in [1.82, 2.24) is 14.7 Å². The zero-order valence-corrected chi connectivity index (χ0v) is 19.1. The van der Waals surface area contributed by atoms with Gasteiger partial charge < -0.3 is 15.0 Å². The Morgan fingerprint density at radius 3 is 2.87 bits per heavy atom. The number of hydrogen-bond acceptors (Lipinski definition) is 4. The third-order valence-corrected chi connectivity index (χ3v) is 6.89. The molecule has 2 aliphatic rings. The van der Waals surface area contributed by atoms with Crippen molar-refractivity contribution < 1.29 is 9.53 Å². The van der Waals surface area contributed by atoms with Crippen LogP contribution in [-0.2, 0) is 9.53 Å². The number of ether oxygens (including phenoxy) is 1. The lowest BCUT2D eigenvalue weighted by molar-refractivity contribution is -0.128. The van der Waals surface area contributed by atoms with Crippen molar-refractivity contribution in [2.24, 2.45) is 0 Å². The number of benzene rings is 1. The van der Waals surface area contributed by atoms with Crippen molar-refractivity contribution in [3.05, 3.63) is 56.3 Å². The zero-order chi connectivity index (χ0) is 21.4. The molecule has 6 nitrogen and oxygen atoms in total. The number of methoxy groups -OCH3 is 1. The van der Waals surface area contributed by atoms with E-state index in [1.54, 1.807) is 24.1 Å². The first kappa shape index (κ1) is 21.5. The van der Waals surface area contributed by atoms with Gasteiger partial charge in [-0.1, -0.05) is 46.9 Å². The number of allylic oxidation sites excluding steroid dienone is 1. The van der Waals surface area contributed by atoms with E-state index in [2.05, 4.69) is 10.4 Å². The van der Waals surface area contributed by atoms with Gasteiger partial charge in [-0.15, -0.1) is 0 Å². The number of amides is 1. The number of carbonyl (C=O) groups excluding carboxylic acids is 1. The van der Waals surface area contributed by atoms with Gasteiger partial charge in [0.15, 0.2) is 0 Å². The van der Waals surface area contributed by atoms with Gasteiger partial charge in [-0.25, -0.2) is 4.68 Å². The maximum atomic E-state index is 13.8. The van der Waals surface area contributed by atoms with Gasteiger partial charge in [-0.05, 0) is 32.3 Å². The summed E-state index contributed by atoms with van der Waals surface area (Å²) in [5.74, 6) is 0.598. The fraction of sp³-hybridized carbons (Fsp3) is 0.429. The molecule has 0 radical (unpaired) electrons. The summed E-state index contributed by atoms with van der Waals surface area (Å²) in [6.07, 6.45) is 4.31. The van der Waals surface area contributed by atoms with Gasteiger partial charge in [0.2, 0.25) is 0 Å². The molecular weight excluding hydrogens is 447 g/mol. The van der Waals surface area contributed by atoms with Crippen LogP contribution in [0.4, 0.5) is 5.82 Å². The molecule has 1 amide bonds. The Morgan fingerprint density at radius 2 is 2.10 bits per heavy atom. The van der Waals surface area contributed by atoms with Crippen LogP contribution in [0.5, 0.6) is 0 Å². The van der Waals surface area contributed by atoms with Crippen molar-refractivity contribution in [2.45, 2.75) is 38.3 Å². The van der Waals surface area contributed by atoms with Crippen LogP contribution in [-0.4, -0.2) is 46.9 Å². The molecule has 1 aromatic heterocycles. The van der Waals surface area contributed by atoms with Crippen molar-refractivity contribution in [1.29, 1.82) is 0 Å². The Balaban J connectivity index is 1.80. The molecule has 0 saturated carbocycles. The first-order chi connectivity index (χ1) is 14.4. The van der Waals surface area contributed by atoms with E-state index in [1.165, 1.54) is 0 Å². The van der Waals surface area contributed by atoms with E-state index in [-0.39, 0.29) is 11.9 Å². The molecule has 2 unspecified atom stereocenters. The predicted octanol–water partition coefficient (Wildman–Crippen LogP) is 5.16. The van der Waals surface area contributed by atoms with Crippen molar-refractivity contribution >= 4 is 46.5 Å². The summed E-state index contributed by atoms with van der Waals surface area (Å²) in [7, 11) is 1.68. The van der Waals surface area contributed by atoms with Crippen LogP contribution < -0.4 is 5.32 Å². The fourth-order valence-electron chi connectivity index (χ4n) is 4.33. The van der Waals surface area contributed by atoms with Crippen LogP contribution in [0.1, 0.15) is 37.8 Å². The second-order valence-electron chi connectivity index (χ2n) is 7.57. The van der Waals surface area contributed by atoms with Crippen molar-refractivity contribution in [3.63, 3.8) is 0 Å². The molecule has 2 aliphatic heterocycles. The summed E-state index contributed by atoms with van der Waals surface area (Å²) in [6, 6.07) is 5.04. The Labute approximate surface area is 190 Å². The molecule has 0 spiro atoms. The molecule has 0 bridgehead atoms. The summed E-state index contributed by atoms with van der Waals surface area (Å²) in [5.41, 5.74) is 2.03. The zero-order valence-electron chi connectivity index (χ0n) is 16.8. The minimum absolute atomic E-state index is 0.0306. The Bertz CT molecular complexity index is 1000. The maximum absolute atomic E-state index is 13.8. The second-order valence-corrected chi connectivity index (χ2v) is 8.76. The Kier molecular flexibility index (Phi) is 6.30. The van der Waals surface area contributed by atoms with Crippen molar-refractivity contribution in [3.8, 4) is 0 Å². The fourth-order valence-corrected chi connectivity index (χ4v) is 4.92. The third-order valence-electron chi connectivity index (χ3n) is 5.78. The normalized spacial score (nSPS) is 21.0. The van der Waals surface area contributed by atoms with Crippen molar-refractivity contribution in [2.75, 3.05) is 25.6 Å². The van der Waals surface area contributed by atoms with Crippen LogP contribution >= 0.6 is 34.8 Å². The lowest BCUT2D eigenvalue weighted by Crippen LogP contribution is -2.41. The molecule has 30 heavy (non-hydrogen) atoms. The van der Waals surface area contributed by atoms with Crippen LogP contribution in [0.3, 0.4) is 0 Å². The number of likely N-dealkylation sites (tertiary alicyclic amines) is 1. The molecule has 3 heterocycles. The minimum Gasteiger partial charge on any atom is -0.385 e. The van der Waals surface area contributed by atoms with Crippen LogP contribution in [0, 0.1) is 0 Å². The first-order valence-electron chi connectivity index (χ1n) is 9.88. The lowest BCUT2D eigenvalue weighted by Gasteiger charge is -2.34. The van der Waals surface area contributed by atoms with Crippen LogP contribution in [0.15, 0.2) is 35.7 Å². The predicted molar refractivity (Wildman–Crippen MR) is 119 cm³/mol. The van der Waals surface area contributed by atoms with Gasteiger partial charge in [0, 0.05) is 37.6 Å². The van der Waals surface area contributed by atoms with Gasteiger partial charge in [0.05, 0.1) is 21.8 Å². The summed E-state index contributed by atoms with van der Waals surface area (Å²) >= 11 is 19.2. The lowest BCUT2D eigenvalue weighted by atomic mass is 9.94. The number of carbonyl (C=O) groups is 1. The van der Waals surface area contributed by atoms with E-state index >= 15 is 0 Å². The molecule has 1 saturated heterocycles. The van der Waals surface area contributed by atoms with E-state index in [0.717, 1.165) is 25.0 Å². The molecule has 2 atom stereocenters. The van der Waals surface area contributed by atoms with E-state index in [0.29, 0.717) is 45.2 Å². The number of hydrogen-bond donors (Lipinski definition) is 1. The summed E-state index contributed by atoms with van der Waals surface area (Å²) in [4.78, 5) is 15.8. The quantitative estimate of drug-likeness (QED) is 0.657. The Morgan fingerprint density at radius 1 is 1.30 bits per heavy atom. The van der Waals surface area contributed by atoms with E-state index < -0.39 is 6.04 Å². The van der Waals surface area contributed by atoms with Gasteiger partial charge in [0.25, 0.3) is 5.91 Å². The molecule has 2 aromatic rings. The minimum atomic E-state index is -0.531. The Hall–Kier alpha value is -1.73. The number of anilines is 1. The van der Waals surface area contributed by atoms with E-state index in [9.17, 15) is 4.79 Å². The molecular formula is C21H23Cl3N4O2. The van der Waals surface area contributed by atoms with Crippen LogP contribution in [0.25, 0.3) is 0 Å². The summed E-state index contributed by atoms with van der Waals surface area (Å²) < 4.78 is 6.95. The maximum Gasteiger partial charge on any atom is 0.254 e. The summed E-state index contributed by atoms with van der Waals surface area (Å²) in [6.45, 7) is 3.21. The highest BCUT2D eigenvalue weighted by atomic mass is 35.5. The van der Waals surface area contributed by atoms with Gasteiger partial charge in [-0.3, -0.25) is 4.79 Å². The topological polar surface area (TPSA) is 59.4 Å². The average molecular weight is 470 g/mol. The number of aromatic nitrogens is 2. The SMILES string of the molecule is COCCC1CCCN1C(=O)C1=C(C)Nc2c(Cl)cnn2C1c1cccc(Cl)c1Cl. The molecule has 160 valence electrons. The van der Waals surface area contributed by atoms with Crippen LogP contribution in [0.2, 0.25) is 15.1 Å². The number of nitrogens with zero attached hydrogens (tertiary/aromatic N) is 3.